The number of amides is 3. The molecule has 1 aliphatic rings. The Kier molecular flexibility index (Phi) is 3.16. The molecule has 6 heteroatoms. The van der Waals surface area contributed by atoms with Gasteiger partial charge in [0.2, 0.25) is 0 Å². The van der Waals surface area contributed by atoms with Crippen molar-refractivity contribution in [3.8, 4) is 6.07 Å². The van der Waals surface area contributed by atoms with E-state index in [0.717, 1.165) is 0 Å². The van der Waals surface area contributed by atoms with Crippen molar-refractivity contribution in [2.45, 2.75) is 0 Å². The second kappa shape index (κ2) is 5.14. The van der Waals surface area contributed by atoms with Crippen LogP contribution in [0, 0.1) is 11.3 Å². The van der Waals surface area contributed by atoms with Crippen molar-refractivity contribution in [2.75, 3.05) is 5.32 Å². The summed E-state index contributed by atoms with van der Waals surface area (Å²) in [5.41, 5.74) is 1.80. The van der Waals surface area contributed by atoms with Crippen molar-refractivity contribution in [3.63, 3.8) is 0 Å². The molecule has 0 aliphatic carbocycles. The molecule has 0 saturated carbocycles. The Balaban J connectivity index is 1.83. The van der Waals surface area contributed by atoms with Gasteiger partial charge in [0.05, 0.1) is 22.8 Å². The van der Waals surface area contributed by atoms with Crippen LogP contribution in [-0.2, 0) is 0 Å². The standard InChI is InChI=1S/C16H9N3O3/c17-8-9-1-3-10(4-2-9)14(20)18-11-5-6-12-13(7-11)16(22)19-15(12)21/h1-7H,(H,18,20)(H,19,21,22). The molecule has 2 aromatic carbocycles. The van der Waals surface area contributed by atoms with Gasteiger partial charge in [0, 0.05) is 11.3 Å². The molecule has 22 heavy (non-hydrogen) atoms. The van der Waals surface area contributed by atoms with Crippen LogP contribution in [0.3, 0.4) is 0 Å². The molecule has 1 heterocycles. The molecule has 106 valence electrons. The summed E-state index contributed by atoms with van der Waals surface area (Å²) in [7, 11) is 0. The summed E-state index contributed by atoms with van der Waals surface area (Å²) in [4.78, 5) is 35.1. The molecule has 0 unspecified atom stereocenters. The van der Waals surface area contributed by atoms with Crippen LogP contribution < -0.4 is 10.6 Å². The minimum absolute atomic E-state index is 0.239. The predicted molar refractivity (Wildman–Crippen MR) is 77.3 cm³/mol. The number of hydrogen-bond acceptors (Lipinski definition) is 4. The van der Waals surface area contributed by atoms with E-state index < -0.39 is 11.8 Å². The summed E-state index contributed by atoms with van der Waals surface area (Å²) in [6, 6.07) is 12.6. The van der Waals surface area contributed by atoms with Crippen molar-refractivity contribution >= 4 is 23.4 Å². The summed E-state index contributed by atoms with van der Waals surface area (Å²) >= 11 is 0. The third-order valence-electron chi connectivity index (χ3n) is 3.27. The zero-order valence-corrected chi connectivity index (χ0v) is 11.2. The lowest BCUT2D eigenvalue weighted by molar-refractivity contribution is 0.0878. The van der Waals surface area contributed by atoms with Gasteiger partial charge < -0.3 is 5.32 Å². The van der Waals surface area contributed by atoms with E-state index in [1.165, 1.54) is 24.3 Å². The first kappa shape index (κ1) is 13.5. The fraction of sp³-hybridized carbons (Fsp3) is 0. The lowest BCUT2D eigenvalue weighted by atomic mass is 10.1. The average molecular weight is 291 g/mol. The maximum Gasteiger partial charge on any atom is 0.259 e. The van der Waals surface area contributed by atoms with Crippen molar-refractivity contribution < 1.29 is 14.4 Å². The summed E-state index contributed by atoms with van der Waals surface area (Å²) < 4.78 is 0. The molecule has 0 saturated heterocycles. The van der Waals surface area contributed by atoms with Gasteiger partial charge >= 0.3 is 0 Å². The molecule has 0 radical (unpaired) electrons. The molecule has 6 nitrogen and oxygen atoms in total. The highest BCUT2D eigenvalue weighted by molar-refractivity contribution is 6.22. The van der Waals surface area contributed by atoms with Crippen LogP contribution in [0.1, 0.15) is 36.6 Å². The van der Waals surface area contributed by atoms with Crippen LogP contribution in [0.15, 0.2) is 42.5 Å². The van der Waals surface area contributed by atoms with Gasteiger partial charge in [-0.15, -0.1) is 0 Å². The molecule has 1 aliphatic heterocycles. The SMILES string of the molecule is N#Cc1ccc(C(=O)Nc2ccc3c(c2)C(=O)NC3=O)cc1. The Morgan fingerprint density at radius 1 is 1.00 bits per heavy atom. The molecule has 0 spiro atoms. The zero-order valence-electron chi connectivity index (χ0n) is 11.2. The van der Waals surface area contributed by atoms with Crippen molar-refractivity contribution in [1.82, 2.24) is 5.32 Å². The van der Waals surface area contributed by atoms with Gasteiger partial charge in [0.25, 0.3) is 17.7 Å². The summed E-state index contributed by atoms with van der Waals surface area (Å²) in [5, 5.41) is 13.6. The van der Waals surface area contributed by atoms with Crippen LogP contribution in [-0.4, -0.2) is 17.7 Å². The first-order chi connectivity index (χ1) is 10.6. The lowest BCUT2D eigenvalue weighted by Gasteiger charge is -2.06. The third kappa shape index (κ3) is 2.31. The highest BCUT2D eigenvalue weighted by Crippen LogP contribution is 2.20. The number of fused-ring (bicyclic) bond motifs is 1. The minimum atomic E-state index is -0.477. The van der Waals surface area contributed by atoms with E-state index >= 15 is 0 Å². The van der Waals surface area contributed by atoms with Crippen molar-refractivity contribution in [1.29, 1.82) is 5.26 Å². The van der Waals surface area contributed by atoms with Crippen LogP contribution in [0.25, 0.3) is 0 Å². The fourth-order valence-electron chi connectivity index (χ4n) is 2.15. The van der Waals surface area contributed by atoms with E-state index in [4.69, 9.17) is 5.26 Å². The average Bonchev–Trinajstić information content (AvgIpc) is 2.81. The Hall–Kier alpha value is -3.46. The van der Waals surface area contributed by atoms with Gasteiger partial charge in [0.1, 0.15) is 0 Å². The number of rotatable bonds is 2. The number of nitrogens with one attached hydrogen (secondary N) is 2. The molecule has 2 N–H and O–H groups in total. The summed E-state index contributed by atoms with van der Waals surface area (Å²) in [5.74, 6) is -1.28. The minimum Gasteiger partial charge on any atom is -0.322 e. The maximum atomic E-state index is 12.1. The number of benzene rings is 2. The molecule has 0 aromatic heterocycles. The largest absolute Gasteiger partial charge is 0.322 e. The summed E-state index contributed by atoms with van der Waals surface area (Å²) in [6.45, 7) is 0. The van der Waals surface area contributed by atoms with Gasteiger partial charge in [-0.05, 0) is 42.5 Å². The van der Waals surface area contributed by atoms with Crippen molar-refractivity contribution in [2.24, 2.45) is 0 Å². The number of carbonyl (C=O) groups is 3. The molecular weight excluding hydrogens is 282 g/mol. The number of hydrogen-bond donors (Lipinski definition) is 2. The number of nitrogens with zero attached hydrogens (tertiary/aromatic N) is 1. The number of anilines is 1. The summed E-state index contributed by atoms with van der Waals surface area (Å²) in [6.07, 6.45) is 0. The second-order valence-electron chi connectivity index (χ2n) is 4.69. The van der Waals surface area contributed by atoms with Gasteiger partial charge in [0.15, 0.2) is 0 Å². The van der Waals surface area contributed by atoms with E-state index in [9.17, 15) is 14.4 Å². The third-order valence-corrected chi connectivity index (χ3v) is 3.27. The van der Waals surface area contributed by atoms with Gasteiger partial charge in [-0.25, -0.2) is 0 Å². The lowest BCUT2D eigenvalue weighted by Crippen LogP contribution is -2.19. The first-order valence-corrected chi connectivity index (χ1v) is 6.40. The maximum absolute atomic E-state index is 12.1. The first-order valence-electron chi connectivity index (χ1n) is 6.40. The molecule has 3 rings (SSSR count). The number of imide groups is 1. The van der Waals surface area contributed by atoms with E-state index in [-0.39, 0.29) is 11.5 Å². The van der Waals surface area contributed by atoms with Gasteiger partial charge in [-0.1, -0.05) is 0 Å². The molecule has 3 amide bonds. The highest BCUT2D eigenvalue weighted by atomic mass is 16.2. The predicted octanol–water partition coefficient (Wildman–Crippen LogP) is 1.69. The number of carbonyl (C=O) groups excluding carboxylic acids is 3. The Morgan fingerprint density at radius 3 is 2.36 bits per heavy atom. The van der Waals surface area contributed by atoms with E-state index in [1.807, 2.05) is 6.07 Å². The quantitative estimate of drug-likeness (QED) is 0.822. The van der Waals surface area contributed by atoms with Gasteiger partial charge in [-0.3, -0.25) is 19.7 Å². The normalized spacial score (nSPS) is 12.3. The highest BCUT2D eigenvalue weighted by Gasteiger charge is 2.26. The van der Waals surface area contributed by atoms with Crippen LogP contribution in [0.4, 0.5) is 5.69 Å². The second-order valence-corrected chi connectivity index (χ2v) is 4.69. The Bertz CT molecular complexity index is 848. The van der Waals surface area contributed by atoms with E-state index in [0.29, 0.717) is 22.4 Å². The van der Waals surface area contributed by atoms with Crippen LogP contribution in [0.2, 0.25) is 0 Å². The smallest absolute Gasteiger partial charge is 0.259 e. The topological polar surface area (TPSA) is 99.1 Å². The molecule has 0 atom stereocenters. The fourth-order valence-corrected chi connectivity index (χ4v) is 2.15. The molecule has 0 fully saturated rings. The van der Waals surface area contributed by atoms with Gasteiger partial charge in [-0.2, -0.15) is 5.26 Å². The molecular formula is C16H9N3O3. The Labute approximate surface area is 125 Å². The zero-order chi connectivity index (χ0) is 15.7. The van der Waals surface area contributed by atoms with Crippen LogP contribution in [0.5, 0.6) is 0 Å². The van der Waals surface area contributed by atoms with E-state index in [1.54, 1.807) is 18.2 Å². The molecule has 0 bridgehead atoms. The Morgan fingerprint density at radius 2 is 1.68 bits per heavy atom. The number of nitriles is 1. The van der Waals surface area contributed by atoms with Crippen LogP contribution >= 0.6 is 0 Å². The molecule has 2 aromatic rings. The van der Waals surface area contributed by atoms with Crippen molar-refractivity contribution in [3.05, 3.63) is 64.7 Å². The van der Waals surface area contributed by atoms with E-state index in [2.05, 4.69) is 10.6 Å². The monoisotopic (exact) mass is 291 g/mol.